The van der Waals surface area contributed by atoms with E-state index in [-0.39, 0.29) is 20.1 Å². The molecule has 5 heteroatoms. The fraction of sp³-hybridized carbons (Fsp3) is 0.0667. The normalized spacial score (nSPS) is 12.9. The van der Waals surface area contributed by atoms with Crippen LogP contribution in [-0.2, 0) is 26.7 Å². The van der Waals surface area contributed by atoms with Crippen LogP contribution < -0.4 is 14.5 Å². The fourth-order valence-electron chi connectivity index (χ4n) is 4.34. The van der Waals surface area contributed by atoms with Gasteiger partial charge in [0, 0.05) is 22.5 Å². The Morgan fingerprint density at radius 1 is 0.857 bits per heavy atom. The molecule has 4 nitrogen and oxygen atoms in total. The number of fused-ring (bicyclic) bond motifs is 5. The molecule has 0 fully saturated rings. The second kappa shape index (κ2) is 9.91. The number of hydrogen-bond donors (Lipinski definition) is 0. The molecule has 0 atom stereocenters. The van der Waals surface area contributed by atoms with Crippen LogP contribution in [0.5, 0.6) is 5.75 Å². The molecule has 0 saturated carbocycles. The molecule has 35 heavy (non-hydrogen) atoms. The third-order valence-electron chi connectivity index (χ3n) is 6.01. The monoisotopic (exact) mass is 633 g/mol. The van der Waals surface area contributed by atoms with Gasteiger partial charge in [-0.2, -0.15) is 37.0 Å². The number of hydrogen-bond acceptors (Lipinski definition) is 4. The summed E-state index contributed by atoms with van der Waals surface area (Å²) >= 11 is 0. The number of aromatic nitrogens is 1. The van der Waals surface area contributed by atoms with Crippen molar-refractivity contribution in [2.24, 2.45) is 0 Å². The molecule has 2 aliphatic rings. The molecule has 4 aromatic carbocycles. The first-order valence-electron chi connectivity index (χ1n) is 11.2. The molecule has 2 aliphatic heterocycles. The SMILES string of the molecule is CN1[CH-]N(c2[c-]cccc2)c2ccccc21.[Ir+3].[c-]1cccc2c1-c1nc3ccccc3cc1OC2. The maximum Gasteiger partial charge on any atom is 3.00 e. The molecule has 0 aliphatic carbocycles. The second-order valence-electron chi connectivity index (χ2n) is 8.22. The minimum Gasteiger partial charge on any atom is -0.506 e. The maximum atomic E-state index is 5.78. The number of benzene rings is 4. The van der Waals surface area contributed by atoms with Crippen LogP contribution in [-0.4, -0.2) is 12.0 Å². The molecule has 0 amide bonds. The summed E-state index contributed by atoms with van der Waals surface area (Å²) in [6.45, 7) is 2.68. The molecule has 0 unspecified atom stereocenters. The molecule has 0 saturated heterocycles. The molecule has 0 bridgehead atoms. The van der Waals surface area contributed by atoms with Gasteiger partial charge in [-0.15, -0.1) is 35.5 Å². The number of pyridine rings is 1. The maximum absolute atomic E-state index is 5.78. The van der Waals surface area contributed by atoms with Gasteiger partial charge in [0.1, 0.15) is 5.75 Å². The van der Waals surface area contributed by atoms with E-state index in [1.165, 1.54) is 11.4 Å². The fourth-order valence-corrected chi connectivity index (χ4v) is 4.34. The third-order valence-corrected chi connectivity index (χ3v) is 6.01. The first-order chi connectivity index (χ1) is 16.8. The van der Waals surface area contributed by atoms with Crippen molar-refractivity contribution >= 4 is 28.0 Å². The van der Waals surface area contributed by atoms with E-state index in [1.54, 1.807) is 0 Å². The molecule has 0 spiro atoms. The smallest absolute Gasteiger partial charge is 0.506 e. The van der Waals surface area contributed by atoms with Crippen molar-refractivity contribution in [3.8, 4) is 17.0 Å². The summed E-state index contributed by atoms with van der Waals surface area (Å²) in [5.74, 6) is 0.851. The summed E-state index contributed by atoms with van der Waals surface area (Å²) in [6.07, 6.45) is 0. The Morgan fingerprint density at radius 3 is 2.49 bits per heavy atom. The number of anilines is 3. The van der Waals surface area contributed by atoms with Crippen molar-refractivity contribution in [3.05, 3.63) is 121 Å². The van der Waals surface area contributed by atoms with Gasteiger partial charge < -0.3 is 14.5 Å². The predicted molar refractivity (Wildman–Crippen MR) is 137 cm³/mol. The minimum absolute atomic E-state index is 0. The van der Waals surface area contributed by atoms with Gasteiger partial charge in [0.2, 0.25) is 0 Å². The van der Waals surface area contributed by atoms with Crippen LogP contribution in [0.15, 0.2) is 97.1 Å². The molecule has 3 heterocycles. The zero-order valence-corrected chi connectivity index (χ0v) is 21.5. The Kier molecular flexibility index (Phi) is 6.54. The van der Waals surface area contributed by atoms with Crippen molar-refractivity contribution in [2.45, 2.75) is 6.61 Å². The van der Waals surface area contributed by atoms with Gasteiger partial charge in [-0.3, -0.25) is 4.98 Å². The van der Waals surface area contributed by atoms with Gasteiger partial charge >= 0.3 is 20.1 Å². The van der Waals surface area contributed by atoms with Crippen LogP contribution in [0.4, 0.5) is 17.1 Å². The largest absolute Gasteiger partial charge is 3.00 e. The van der Waals surface area contributed by atoms with Gasteiger partial charge in [0.25, 0.3) is 0 Å². The Morgan fingerprint density at radius 2 is 1.63 bits per heavy atom. The standard InChI is InChI=1S/C16H10NO.C14H12N2.Ir/c1-3-7-13-12(6-1)10-18-15-9-11-5-2-4-8-14(11)17-16(13)15;1-15-11-16(12-7-3-2-4-8-12)14-10-6-5-9-13(14)15;/h1-6,8-9H,10H2;2-7,9-11H,1H3;/q-1;-2;+3. The van der Waals surface area contributed by atoms with Crippen LogP contribution >= 0.6 is 0 Å². The Labute approximate surface area is 219 Å². The van der Waals surface area contributed by atoms with Crippen LogP contribution in [0, 0.1) is 18.8 Å². The molecule has 1 aromatic heterocycles. The summed E-state index contributed by atoms with van der Waals surface area (Å²) in [5.41, 5.74) is 7.59. The Hall–Kier alpha value is -3.66. The van der Waals surface area contributed by atoms with Crippen LogP contribution in [0.3, 0.4) is 0 Å². The number of nitrogens with zero attached hydrogens (tertiary/aromatic N) is 3. The summed E-state index contributed by atoms with van der Waals surface area (Å²) in [4.78, 5) is 8.97. The van der Waals surface area contributed by atoms with E-state index in [0.29, 0.717) is 6.61 Å². The van der Waals surface area contributed by atoms with Crippen molar-refractivity contribution in [1.29, 1.82) is 0 Å². The van der Waals surface area contributed by atoms with Crippen LogP contribution in [0.1, 0.15) is 5.56 Å². The van der Waals surface area contributed by atoms with E-state index >= 15 is 0 Å². The quantitative estimate of drug-likeness (QED) is 0.191. The van der Waals surface area contributed by atoms with Crippen LogP contribution in [0.2, 0.25) is 0 Å². The van der Waals surface area contributed by atoms with E-state index in [9.17, 15) is 0 Å². The molecule has 172 valence electrons. The van der Waals surface area contributed by atoms with E-state index in [2.05, 4.69) is 84.2 Å². The summed E-state index contributed by atoms with van der Waals surface area (Å²) in [5, 5.41) is 1.11. The van der Waals surface area contributed by atoms with E-state index < -0.39 is 0 Å². The van der Waals surface area contributed by atoms with Gasteiger partial charge in [-0.25, -0.2) is 0 Å². The van der Waals surface area contributed by atoms with E-state index in [4.69, 9.17) is 9.72 Å². The number of rotatable bonds is 1. The average molecular weight is 633 g/mol. The van der Waals surface area contributed by atoms with Crippen molar-refractivity contribution in [2.75, 3.05) is 16.8 Å². The Balaban J connectivity index is 0.000000142. The first-order valence-corrected chi connectivity index (χ1v) is 11.2. The van der Waals surface area contributed by atoms with Gasteiger partial charge in [-0.05, 0) is 31.3 Å². The number of ether oxygens (including phenoxy) is 1. The summed E-state index contributed by atoms with van der Waals surface area (Å²) in [6, 6.07) is 39.0. The zero-order chi connectivity index (χ0) is 22.9. The molecule has 7 rings (SSSR count). The molecular formula is C30H22IrN3O. The first kappa shape index (κ1) is 23.1. The van der Waals surface area contributed by atoms with Crippen molar-refractivity contribution in [1.82, 2.24) is 4.98 Å². The second-order valence-corrected chi connectivity index (χ2v) is 8.22. The number of para-hydroxylation sites is 4. The molecular weight excluding hydrogens is 611 g/mol. The van der Waals surface area contributed by atoms with E-state index in [0.717, 1.165) is 39.2 Å². The van der Waals surface area contributed by atoms with Gasteiger partial charge in [-0.1, -0.05) is 35.9 Å². The summed E-state index contributed by atoms with van der Waals surface area (Å²) in [7, 11) is 2.06. The third kappa shape index (κ3) is 4.41. The topological polar surface area (TPSA) is 28.6 Å². The molecule has 5 aromatic rings. The molecule has 0 N–H and O–H groups in total. The van der Waals surface area contributed by atoms with E-state index in [1.807, 2.05) is 48.5 Å². The average Bonchev–Trinajstić information content (AvgIpc) is 3.25. The molecule has 0 radical (unpaired) electrons. The zero-order valence-electron chi connectivity index (χ0n) is 19.1. The van der Waals surface area contributed by atoms with Crippen molar-refractivity contribution < 1.29 is 24.8 Å². The van der Waals surface area contributed by atoms with Gasteiger partial charge in [0.15, 0.2) is 0 Å². The van der Waals surface area contributed by atoms with Crippen molar-refractivity contribution in [3.63, 3.8) is 0 Å². The minimum atomic E-state index is 0. The Bertz CT molecular complexity index is 1470. The van der Waals surface area contributed by atoms with Gasteiger partial charge in [0.05, 0.1) is 12.1 Å². The summed E-state index contributed by atoms with van der Waals surface area (Å²) < 4.78 is 5.78. The predicted octanol–water partition coefficient (Wildman–Crippen LogP) is 6.79. The van der Waals surface area contributed by atoms with Crippen LogP contribution in [0.25, 0.3) is 22.2 Å².